The van der Waals surface area contributed by atoms with Gasteiger partial charge in [-0.1, -0.05) is 0 Å². The first-order chi connectivity index (χ1) is 9.49. The molecule has 6 heteroatoms. The van der Waals surface area contributed by atoms with E-state index in [-0.39, 0.29) is 17.9 Å². The molecule has 2 N–H and O–H groups in total. The molecule has 2 rings (SSSR count). The molecule has 1 aliphatic heterocycles. The molecule has 0 spiro atoms. The number of piperidine rings is 1. The highest BCUT2D eigenvalue weighted by Crippen LogP contribution is 2.27. The molecule has 1 amide bonds. The van der Waals surface area contributed by atoms with Gasteiger partial charge in [-0.05, 0) is 33.6 Å². The lowest BCUT2D eigenvalue weighted by Gasteiger charge is -2.33. The second-order valence-corrected chi connectivity index (χ2v) is 6.05. The fraction of sp³-hybridized carbons (Fsp3) is 0.786. The number of aromatic nitrogens is 3. The van der Waals surface area contributed by atoms with Crippen molar-refractivity contribution in [2.75, 3.05) is 13.1 Å². The number of nitrogens with zero attached hydrogens (tertiary/aromatic N) is 4. The average Bonchev–Trinajstić information content (AvgIpc) is 2.87. The molecule has 112 valence electrons. The van der Waals surface area contributed by atoms with Crippen LogP contribution in [0.25, 0.3) is 0 Å². The Bertz CT molecular complexity index is 454. The molecule has 2 heterocycles. The maximum Gasteiger partial charge on any atom is 0.224 e. The first-order valence-corrected chi connectivity index (χ1v) is 7.41. The van der Waals surface area contributed by atoms with Gasteiger partial charge < -0.3 is 15.2 Å². The van der Waals surface area contributed by atoms with Crippen LogP contribution in [-0.4, -0.2) is 44.7 Å². The van der Waals surface area contributed by atoms with E-state index in [1.54, 1.807) is 6.33 Å². The summed E-state index contributed by atoms with van der Waals surface area (Å²) >= 11 is 0. The van der Waals surface area contributed by atoms with Crippen LogP contribution in [0.4, 0.5) is 0 Å². The Hall–Kier alpha value is -1.43. The van der Waals surface area contributed by atoms with Gasteiger partial charge in [-0.25, -0.2) is 0 Å². The standard InChI is InChI=1S/C14H25N5O/c1-10(2)19-9-16-17-14(19)12-5-4-6-18(8-12)13(20)7-11(3)15/h9-12H,4-8,15H2,1-3H3. The summed E-state index contributed by atoms with van der Waals surface area (Å²) < 4.78 is 2.10. The van der Waals surface area contributed by atoms with Gasteiger partial charge in [0.15, 0.2) is 0 Å². The van der Waals surface area contributed by atoms with Crippen LogP contribution in [-0.2, 0) is 4.79 Å². The van der Waals surface area contributed by atoms with E-state index in [2.05, 4.69) is 28.6 Å². The van der Waals surface area contributed by atoms with Crippen LogP contribution in [0.15, 0.2) is 6.33 Å². The zero-order valence-corrected chi connectivity index (χ0v) is 12.6. The van der Waals surface area contributed by atoms with Crippen LogP contribution in [0.3, 0.4) is 0 Å². The van der Waals surface area contributed by atoms with Gasteiger partial charge in [0, 0.05) is 37.5 Å². The summed E-state index contributed by atoms with van der Waals surface area (Å²) in [6.45, 7) is 7.67. The normalized spacial score (nSPS) is 21.2. The number of hydrogen-bond donors (Lipinski definition) is 1. The quantitative estimate of drug-likeness (QED) is 0.901. The smallest absolute Gasteiger partial charge is 0.224 e. The van der Waals surface area contributed by atoms with Crippen LogP contribution in [0.5, 0.6) is 0 Å². The van der Waals surface area contributed by atoms with Crippen molar-refractivity contribution < 1.29 is 4.79 Å². The molecule has 1 aromatic heterocycles. The summed E-state index contributed by atoms with van der Waals surface area (Å²) in [5.41, 5.74) is 5.72. The van der Waals surface area contributed by atoms with E-state index in [9.17, 15) is 4.79 Å². The number of rotatable bonds is 4. The van der Waals surface area contributed by atoms with Gasteiger partial charge in [0.05, 0.1) is 0 Å². The molecule has 20 heavy (non-hydrogen) atoms. The van der Waals surface area contributed by atoms with Crippen LogP contribution in [0.2, 0.25) is 0 Å². The number of amides is 1. The third kappa shape index (κ3) is 3.36. The zero-order valence-electron chi connectivity index (χ0n) is 12.6. The predicted molar refractivity (Wildman–Crippen MR) is 77.2 cm³/mol. The summed E-state index contributed by atoms with van der Waals surface area (Å²) in [4.78, 5) is 14.1. The topological polar surface area (TPSA) is 77.0 Å². The lowest BCUT2D eigenvalue weighted by atomic mass is 9.96. The Balaban J connectivity index is 2.06. The van der Waals surface area contributed by atoms with Crippen molar-refractivity contribution >= 4 is 5.91 Å². The molecule has 0 aromatic carbocycles. The largest absolute Gasteiger partial charge is 0.342 e. The van der Waals surface area contributed by atoms with Crippen molar-refractivity contribution in [2.24, 2.45) is 5.73 Å². The Morgan fingerprint density at radius 2 is 2.25 bits per heavy atom. The van der Waals surface area contributed by atoms with E-state index in [4.69, 9.17) is 5.73 Å². The lowest BCUT2D eigenvalue weighted by Crippen LogP contribution is -2.41. The van der Waals surface area contributed by atoms with Crippen molar-refractivity contribution in [1.29, 1.82) is 0 Å². The van der Waals surface area contributed by atoms with E-state index >= 15 is 0 Å². The lowest BCUT2D eigenvalue weighted by molar-refractivity contribution is -0.132. The molecule has 1 aromatic rings. The molecular weight excluding hydrogens is 254 g/mol. The minimum absolute atomic E-state index is 0.0813. The second kappa shape index (κ2) is 6.35. The molecule has 1 aliphatic rings. The van der Waals surface area contributed by atoms with E-state index in [1.807, 2.05) is 11.8 Å². The molecule has 0 bridgehead atoms. The van der Waals surface area contributed by atoms with Crippen LogP contribution in [0.1, 0.15) is 57.8 Å². The van der Waals surface area contributed by atoms with Crippen molar-refractivity contribution in [1.82, 2.24) is 19.7 Å². The maximum absolute atomic E-state index is 12.1. The molecule has 2 unspecified atom stereocenters. The Morgan fingerprint density at radius 1 is 1.50 bits per heavy atom. The minimum Gasteiger partial charge on any atom is -0.342 e. The summed E-state index contributed by atoms with van der Waals surface area (Å²) in [5, 5.41) is 8.29. The molecule has 0 saturated carbocycles. The number of hydrogen-bond acceptors (Lipinski definition) is 4. The van der Waals surface area contributed by atoms with Gasteiger partial charge in [-0.3, -0.25) is 4.79 Å². The minimum atomic E-state index is -0.0813. The molecule has 0 radical (unpaired) electrons. The van der Waals surface area contributed by atoms with Gasteiger partial charge in [-0.2, -0.15) is 0 Å². The van der Waals surface area contributed by atoms with Gasteiger partial charge in [0.1, 0.15) is 12.2 Å². The number of nitrogens with two attached hydrogens (primary N) is 1. The third-order valence-corrected chi connectivity index (χ3v) is 3.79. The molecule has 1 saturated heterocycles. The van der Waals surface area contributed by atoms with Crippen molar-refractivity contribution in [3.63, 3.8) is 0 Å². The second-order valence-electron chi connectivity index (χ2n) is 6.05. The number of likely N-dealkylation sites (tertiary alicyclic amines) is 1. The first kappa shape index (κ1) is 15.0. The van der Waals surface area contributed by atoms with Gasteiger partial charge in [0.25, 0.3) is 0 Å². The van der Waals surface area contributed by atoms with Crippen molar-refractivity contribution in [3.8, 4) is 0 Å². The van der Waals surface area contributed by atoms with Gasteiger partial charge in [-0.15, -0.1) is 10.2 Å². The van der Waals surface area contributed by atoms with Gasteiger partial charge >= 0.3 is 0 Å². The fourth-order valence-electron chi connectivity index (χ4n) is 2.76. The predicted octanol–water partition coefficient (Wildman–Crippen LogP) is 1.30. The highest BCUT2D eigenvalue weighted by molar-refractivity contribution is 5.76. The summed E-state index contributed by atoms with van der Waals surface area (Å²) in [6, 6.07) is 0.261. The average molecular weight is 279 g/mol. The van der Waals surface area contributed by atoms with E-state index in [0.717, 1.165) is 31.8 Å². The summed E-state index contributed by atoms with van der Waals surface area (Å²) in [6.07, 6.45) is 4.28. The van der Waals surface area contributed by atoms with Crippen LogP contribution < -0.4 is 5.73 Å². The Kier molecular flexibility index (Phi) is 4.75. The summed E-state index contributed by atoms with van der Waals surface area (Å²) in [7, 11) is 0. The van der Waals surface area contributed by atoms with Crippen molar-refractivity contribution in [3.05, 3.63) is 12.2 Å². The van der Waals surface area contributed by atoms with Gasteiger partial charge in [0.2, 0.25) is 5.91 Å². The SMILES string of the molecule is CC(N)CC(=O)N1CCCC(c2nncn2C(C)C)C1. The fourth-order valence-corrected chi connectivity index (χ4v) is 2.76. The van der Waals surface area contributed by atoms with E-state index in [1.165, 1.54) is 0 Å². The van der Waals surface area contributed by atoms with Crippen molar-refractivity contribution in [2.45, 2.75) is 58.0 Å². The Morgan fingerprint density at radius 3 is 2.90 bits per heavy atom. The number of carbonyl (C=O) groups excluding carboxylic acids is 1. The first-order valence-electron chi connectivity index (χ1n) is 7.41. The van der Waals surface area contributed by atoms with Crippen LogP contribution in [0, 0.1) is 0 Å². The molecular formula is C14H25N5O. The molecule has 0 aliphatic carbocycles. The maximum atomic E-state index is 12.1. The Labute approximate surface area is 120 Å². The highest BCUT2D eigenvalue weighted by atomic mass is 16.2. The third-order valence-electron chi connectivity index (χ3n) is 3.79. The summed E-state index contributed by atoms with van der Waals surface area (Å²) in [5.74, 6) is 1.43. The number of carbonyl (C=O) groups is 1. The van der Waals surface area contributed by atoms with E-state index < -0.39 is 0 Å². The van der Waals surface area contributed by atoms with E-state index in [0.29, 0.717) is 12.5 Å². The van der Waals surface area contributed by atoms with Crippen LogP contribution >= 0.6 is 0 Å². The molecule has 2 atom stereocenters. The monoisotopic (exact) mass is 279 g/mol. The molecule has 1 fully saturated rings. The highest BCUT2D eigenvalue weighted by Gasteiger charge is 2.28. The zero-order chi connectivity index (χ0) is 14.7. The molecule has 6 nitrogen and oxygen atoms in total.